The number of ether oxygens (including phenoxy) is 2. The number of carbonyl (C=O) groups is 2. The van der Waals surface area contributed by atoms with Gasteiger partial charge in [-0.3, -0.25) is 9.78 Å². The van der Waals surface area contributed by atoms with E-state index >= 15 is 0 Å². The molecule has 1 saturated heterocycles. The van der Waals surface area contributed by atoms with Gasteiger partial charge in [0.15, 0.2) is 0 Å². The van der Waals surface area contributed by atoms with Gasteiger partial charge in [0.05, 0.1) is 25.5 Å². The Morgan fingerprint density at radius 2 is 1.88 bits per heavy atom. The van der Waals surface area contributed by atoms with E-state index in [1.54, 1.807) is 25.7 Å². The summed E-state index contributed by atoms with van der Waals surface area (Å²) < 4.78 is 42.0. The number of hydrogen-bond donors (Lipinski definition) is 2. The van der Waals surface area contributed by atoms with Crippen LogP contribution in [-0.2, 0) is 19.1 Å². The van der Waals surface area contributed by atoms with Gasteiger partial charge in [-0.2, -0.15) is 13.2 Å². The van der Waals surface area contributed by atoms with Gasteiger partial charge in [0, 0.05) is 44.4 Å². The van der Waals surface area contributed by atoms with Crippen molar-refractivity contribution in [1.29, 1.82) is 0 Å². The van der Waals surface area contributed by atoms with E-state index in [-0.39, 0.29) is 18.6 Å². The number of fused-ring (bicyclic) bond motifs is 3. The van der Waals surface area contributed by atoms with Crippen LogP contribution in [0.2, 0.25) is 0 Å². The highest BCUT2D eigenvalue weighted by Gasteiger charge is 2.47. The lowest BCUT2D eigenvalue weighted by Gasteiger charge is -2.23. The van der Waals surface area contributed by atoms with E-state index in [4.69, 9.17) is 19.4 Å². The molecule has 2 N–H and O–H groups in total. The Balaban J connectivity index is 0.000000406. The molecule has 1 aromatic heterocycles. The number of nitrogens with zero attached hydrogens (tertiary/aromatic N) is 3. The lowest BCUT2D eigenvalue weighted by molar-refractivity contribution is -0.192. The van der Waals surface area contributed by atoms with Crippen LogP contribution in [0, 0.1) is 5.92 Å². The van der Waals surface area contributed by atoms with Gasteiger partial charge in [0.25, 0.3) is 0 Å². The van der Waals surface area contributed by atoms with Crippen molar-refractivity contribution in [2.75, 3.05) is 44.9 Å². The van der Waals surface area contributed by atoms with Gasteiger partial charge in [0.2, 0.25) is 5.91 Å². The molecule has 4 rings (SSSR count). The second-order valence-electron chi connectivity index (χ2n) is 7.76. The fourth-order valence-electron chi connectivity index (χ4n) is 4.21. The molecule has 3 atom stereocenters. The predicted octanol–water partition coefficient (Wildman–Crippen LogP) is 2.16. The highest BCUT2D eigenvalue weighted by molar-refractivity contribution is 5.78. The Bertz CT molecular complexity index is 977. The second kappa shape index (κ2) is 11.3. The molecule has 1 aliphatic carbocycles. The van der Waals surface area contributed by atoms with Crippen LogP contribution in [0.3, 0.4) is 0 Å². The fourth-order valence-corrected chi connectivity index (χ4v) is 4.21. The molecule has 0 saturated carbocycles. The zero-order chi connectivity index (χ0) is 24.7. The number of carbonyl (C=O) groups excluding carboxylic acids is 1. The minimum Gasteiger partial charge on any atom is -0.475 e. The minimum absolute atomic E-state index is 0.00797. The van der Waals surface area contributed by atoms with Crippen LogP contribution in [-0.4, -0.2) is 73.1 Å². The Kier molecular flexibility index (Phi) is 8.40. The molecule has 0 radical (unpaired) electrons. The molecular weight excluding hydrogens is 457 g/mol. The number of aliphatic carboxylic acids is 1. The molecule has 2 aromatic rings. The first kappa shape index (κ1) is 25.4. The third-order valence-electron chi connectivity index (χ3n) is 5.62. The Morgan fingerprint density at radius 3 is 2.50 bits per heavy atom. The zero-order valence-corrected chi connectivity index (χ0v) is 18.4. The standard InChI is InChI=1S/C20H24N4O3.C2HF3O2/c1-26-8-9-27-13-19(25)23-20-15-5-3-2-4-14(15)16-11-24(12-17(16)20)18-10-21-6-7-22-18;3-2(4,5)1(6)7/h2-7,10,16-17,20H,8-9,11-13H2,1H3,(H,23,25);(H,6,7)/t16-,17-,20+;/m0./s1. The number of rotatable bonds is 7. The molecule has 184 valence electrons. The summed E-state index contributed by atoms with van der Waals surface area (Å²) in [6, 6.07) is 8.39. The molecule has 1 amide bonds. The molecule has 0 spiro atoms. The lowest BCUT2D eigenvalue weighted by Crippen LogP contribution is -2.36. The molecule has 2 aliphatic rings. The Morgan fingerprint density at radius 1 is 1.18 bits per heavy atom. The van der Waals surface area contributed by atoms with E-state index in [9.17, 15) is 18.0 Å². The van der Waals surface area contributed by atoms with Gasteiger partial charge in [0.1, 0.15) is 12.4 Å². The number of hydrogen-bond acceptors (Lipinski definition) is 7. The number of alkyl halides is 3. The third kappa shape index (κ3) is 6.20. The number of nitrogens with one attached hydrogen (secondary N) is 1. The number of halogens is 3. The number of benzene rings is 1. The zero-order valence-electron chi connectivity index (χ0n) is 18.4. The first-order chi connectivity index (χ1) is 16.2. The average Bonchev–Trinajstić information content (AvgIpc) is 3.36. The van der Waals surface area contributed by atoms with Crippen LogP contribution in [0.4, 0.5) is 19.0 Å². The number of amides is 1. The number of anilines is 1. The molecule has 0 bridgehead atoms. The SMILES string of the molecule is COCCOCC(=O)N[C@@H]1c2ccccc2[C@@H]2CN(c3cnccn3)C[C@H]12.O=C(O)C(F)(F)F. The molecular formula is C22H25F3N4O5. The summed E-state index contributed by atoms with van der Waals surface area (Å²) in [5.41, 5.74) is 2.54. The van der Waals surface area contributed by atoms with Crippen molar-refractivity contribution in [2.24, 2.45) is 5.92 Å². The van der Waals surface area contributed by atoms with Gasteiger partial charge in [-0.15, -0.1) is 0 Å². The van der Waals surface area contributed by atoms with Crippen LogP contribution < -0.4 is 10.2 Å². The van der Waals surface area contributed by atoms with Crippen molar-refractivity contribution in [2.45, 2.75) is 18.1 Å². The summed E-state index contributed by atoms with van der Waals surface area (Å²) >= 11 is 0. The number of carboxylic acid groups (broad SMARTS) is 1. The molecule has 0 unspecified atom stereocenters. The van der Waals surface area contributed by atoms with Crippen LogP contribution in [0.1, 0.15) is 23.1 Å². The molecule has 1 fully saturated rings. The molecule has 34 heavy (non-hydrogen) atoms. The van der Waals surface area contributed by atoms with Crippen molar-refractivity contribution in [3.63, 3.8) is 0 Å². The Labute approximate surface area is 193 Å². The third-order valence-corrected chi connectivity index (χ3v) is 5.62. The maximum Gasteiger partial charge on any atom is 0.490 e. The number of aromatic nitrogens is 2. The summed E-state index contributed by atoms with van der Waals surface area (Å²) in [5, 5.41) is 10.3. The van der Waals surface area contributed by atoms with Gasteiger partial charge in [-0.05, 0) is 11.1 Å². The first-order valence-electron chi connectivity index (χ1n) is 10.5. The predicted molar refractivity (Wildman–Crippen MR) is 114 cm³/mol. The van der Waals surface area contributed by atoms with Crippen LogP contribution >= 0.6 is 0 Å². The van der Waals surface area contributed by atoms with Gasteiger partial charge < -0.3 is 24.8 Å². The number of carboxylic acids is 1. The van der Waals surface area contributed by atoms with Crippen molar-refractivity contribution < 1.29 is 37.3 Å². The van der Waals surface area contributed by atoms with E-state index in [0.29, 0.717) is 25.0 Å². The molecule has 2 heterocycles. The van der Waals surface area contributed by atoms with E-state index in [1.165, 1.54) is 11.1 Å². The normalized spacial score (nSPS) is 20.7. The van der Waals surface area contributed by atoms with Gasteiger partial charge >= 0.3 is 12.1 Å². The van der Waals surface area contributed by atoms with Crippen LogP contribution in [0.5, 0.6) is 0 Å². The van der Waals surface area contributed by atoms with Crippen LogP contribution in [0.15, 0.2) is 42.9 Å². The quantitative estimate of drug-likeness (QED) is 0.578. The average molecular weight is 482 g/mol. The molecule has 1 aliphatic heterocycles. The highest BCUT2D eigenvalue weighted by Crippen LogP contribution is 2.49. The van der Waals surface area contributed by atoms with Crippen molar-refractivity contribution >= 4 is 17.7 Å². The summed E-state index contributed by atoms with van der Waals surface area (Å²) in [6.45, 7) is 2.67. The van der Waals surface area contributed by atoms with E-state index in [2.05, 4.69) is 38.4 Å². The fraction of sp³-hybridized carbons (Fsp3) is 0.455. The minimum atomic E-state index is -5.08. The largest absolute Gasteiger partial charge is 0.490 e. The van der Waals surface area contributed by atoms with Crippen molar-refractivity contribution in [3.8, 4) is 0 Å². The lowest BCUT2D eigenvalue weighted by atomic mass is 9.94. The Hall–Kier alpha value is -3.25. The topological polar surface area (TPSA) is 114 Å². The summed E-state index contributed by atoms with van der Waals surface area (Å²) in [5.74, 6) is -1.27. The monoisotopic (exact) mass is 482 g/mol. The van der Waals surface area contributed by atoms with E-state index in [0.717, 1.165) is 18.9 Å². The highest BCUT2D eigenvalue weighted by atomic mass is 19.4. The second-order valence-corrected chi connectivity index (χ2v) is 7.76. The number of methoxy groups -OCH3 is 1. The summed E-state index contributed by atoms with van der Waals surface area (Å²) in [6.07, 6.45) is 0.112. The summed E-state index contributed by atoms with van der Waals surface area (Å²) in [4.78, 5) is 32.2. The van der Waals surface area contributed by atoms with Gasteiger partial charge in [-0.25, -0.2) is 9.78 Å². The van der Waals surface area contributed by atoms with Gasteiger partial charge in [-0.1, -0.05) is 24.3 Å². The van der Waals surface area contributed by atoms with Crippen LogP contribution in [0.25, 0.3) is 0 Å². The maximum atomic E-state index is 12.4. The van der Waals surface area contributed by atoms with E-state index < -0.39 is 12.1 Å². The maximum absolute atomic E-state index is 12.4. The smallest absolute Gasteiger partial charge is 0.475 e. The molecule has 1 aromatic carbocycles. The molecule has 9 nitrogen and oxygen atoms in total. The van der Waals surface area contributed by atoms with E-state index in [1.807, 2.05) is 6.07 Å². The van der Waals surface area contributed by atoms with Crippen molar-refractivity contribution in [3.05, 3.63) is 54.0 Å². The van der Waals surface area contributed by atoms with Crippen molar-refractivity contribution in [1.82, 2.24) is 15.3 Å². The first-order valence-corrected chi connectivity index (χ1v) is 10.5. The summed E-state index contributed by atoms with van der Waals surface area (Å²) in [7, 11) is 1.61. The molecule has 12 heteroatoms.